The minimum absolute atomic E-state index is 0.141. The molecule has 0 spiro atoms. The molecule has 8 bridgehead atoms. The normalized spacial score (nSPS) is 13.2. The van der Waals surface area contributed by atoms with Crippen molar-refractivity contribution >= 4 is 58.3 Å². The van der Waals surface area contributed by atoms with Crippen LogP contribution in [0.2, 0.25) is 0 Å². The van der Waals surface area contributed by atoms with Crippen molar-refractivity contribution in [3.63, 3.8) is 0 Å². The van der Waals surface area contributed by atoms with Gasteiger partial charge >= 0.3 is 11.9 Å². The Morgan fingerprint density at radius 3 is 1.00 bits per heavy atom. The molecule has 60 heavy (non-hydrogen) atoms. The first-order valence-electron chi connectivity index (χ1n) is 20.7. The number of nitrogens with one attached hydrogen (secondary N) is 2. The third-order valence-corrected chi connectivity index (χ3v) is 11.1. The summed E-state index contributed by atoms with van der Waals surface area (Å²) in [4.78, 5) is 43.3. The number of H-pyrrole nitrogens is 2. The number of nitrogens with zero attached hydrogens (tertiary/aromatic N) is 2. The third-order valence-electron chi connectivity index (χ3n) is 11.1. The van der Waals surface area contributed by atoms with Gasteiger partial charge in [0.2, 0.25) is 0 Å². The molecular formula is C52H58N4O4. The van der Waals surface area contributed by atoms with E-state index in [1.807, 2.05) is 48.6 Å². The van der Waals surface area contributed by atoms with Crippen molar-refractivity contribution in [3.8, 4) is 33.8 Å². The second-order valence-corrected chi connectivity index (χ2v) is 20.2. The van der Waals surface area contributed by atoms with Gasteiger partial charge in [0.05, 0.1) is 22.4 Å². The lowest BCUT2D eigenvalue weighted by molar-refractivity contribution is -0.132. The van der Waals surface area contributed by atoms with Gasteiger partial charge in [0, 0.05) is 36.0 Å². The van der Waals surface area contributed by atoms with Crippen LogP contribution in [-0.2, 0) is 31.2 Å². The number of carbonyl (C=O) groups is 2. The summed E-state index contributed by atoms with van der Waals surface area (Å²) in [6.45, 7) is 29.4. The predicted molar refractivity (Wildman–Crippen MR) is 247 cm³/mol. The average molecular weight is 803 g/mol. The number of aromatic nitrogens is 4. The Hall–Kier alpha value is -6.02. The maximum Gasteiger partial charge on any atom is 0.308 e. The number of hydrogen-bond acceptors (Lipinski definition) is 6. The van der Waals surface area contributed by atoms with Crippen molar-refractivity contribution in [2.45, 2.75) is 119 Å². The first kappa shape index (κ1) is 42.1. The number of fused-ring (bicyclic) bond motifs is 8. The number of ether oxygens (including phenoxy) is 2. The molecule has 2 aliphatic heterocycles. The Bertz CT molecular complexity index is 2550. The maximum atomic E-state index is 12.8. The van der Waals surface area contributed by atoms with Crippen molar-refractivity contribution in [1.82, 2.24) is 19.9 Å². The molecule has 0 atom stereocenters. The Kier molecular flexibility index (Phi) is 10.5. The third kappa shape index (κ3) is 8.51. The topological polar surface area (TPSA) is 110 Å². The van der Waals surface area contributed by atoms with E-state index in [0.717, 1.165) is 33.3 Å². The second-order valence-electron chi connectivity index (χ2n) is 20.2. The fourth-order valence-corrected chi connectivity index (χ4v) is 7.54. The number of rotatable bonds is 4. The van der Waals surface area contributed by atoms with Crippen LogP contribution >= 0.6 is 0 Å². The fraction of sp³-hybridized carbons (Fsp3) is 0.346. The molecule has 0 unspecified atom stereocenters. The molecule has 3 aromatic heterocycles. The first-order valence-corrected chi connectivity index (χ1v) is 20.7. The van der Waals surface area contributed by atoms with Crippen molar-refractivity contribution in [2.75, 3.05) is 0 Å². The van der Waals surface area contributed by atoms with Crippen LogP contribution in [0.3, 0.4) is 0 Å². The average Bonchev–Trinajstić information content (AvgIpc) is 3.97. The van der Waals surface area contributed by atoms with E-state index < -0.39 is 11.9 Å². The summed E-state index contributed by atoms with van der Waals surface area (Å²) in [5.41, 5.74) is 12.9. The van der Waals surface area contributed by atoms with Crippen LogP contribution in [0.1, 0.15) is 142 Å². The van der Waals surface area contributed by atoms with Crippen molar-refractivity contribution in [3.05, 3.63) is 106 Å². The Labute approximate surface area is 354 Å². The highest BCUT2D eigenvalue weighted by atomic mass is 16.5. The second kappa shape index (κ2) is 14.9. The molecule has 0 saturated heterocycles. The predicted octanol–water partition coefficient (Wildman–Crippen LogP) is 13.0. The lowest BCUT2D eigenvalue weighted by Crippen LogP contribution is -2.16. The van der Waals surface area contributed by atoms with E-state index >= 15 is 0 Å². The zero-order valence-electron chi connectivity index (χ0n) is 37.6. The van der Waals surface area contributed by atoms with E-state index in [1.165, 1.54) is 36.1 Å². The summed E-state index contributed by atoms with van der Waals surface area (Å²) < 4.78 is 12.1. The van der Waals surface area contributed by atoms with Gasteiger partial charge in [0.25, 0.3) is 0 Å². The highest BCUT2D eigenvalue weighted by Crippen LogP contribution is 2.41. The molecule has 5 aromatic rings. The molecule has 2 aromatic carbocycles. The number of aromatic amines is 2. The van der Waals surface area contributed by atoms with Gasteiger partial charge in [0.15, 0.2) is 11.5 Å². The number of esters is 2. The highest BCUT2D eigenvalue weighted by Gasteiger charge is 2.26. The maximum absolute atomic E-state index is 12.8. The molecule has 0 saturated carbocycles. The molecule has 7 rings (SSSR count). The number of benzene rings is 2. The van der Waals surface area contributed by atoms with Gasteiger partial charge in [-0.15, -0.1) is 0 Å². The molecule has 2 N–H and O–H groups in total. The smallest absolute Gasteiger partial charge is 0.308 e. The SMILES string of the molecule is CC(=O)Oc1c2nc(c(-c3cc(C(C)(C)C)cc(C(C)(C)C)c3)c3ccc([nH]3)c(OC(C)=O)c3nc(c(-c4cc(C(C)(C)C)cc(C(C)(C)C)c4)c4ccc1[nH]4)C=C3)C=C2. The number of carbonyl (C=O) groups excluding carboxylic acids is 2. The summed E-state index contributed by atoms with van der Waals surface area (Å²) in [6.07, 6.45) is 7.70. The lowest BCUT2D eigenvalue weighted by Gasteiger charge is -2.26. The minimum Gasteiger partial charge on any atom is -0.422 e. The molecule has 5 heterocycles. The van der Waals surface area contributed by atoms with Crippen LogP contribution in [0.5, 0.6) is 11.5 Å². The standard InChI is InChI=1S/C52H58N4O4/c1-29(57)59-47-41-19-15-37(53-41)45(31-23-33(49(3,4)5)27-34(24-31)50(6,7)8)39-17-21-43(55-39)48(60-30(2)58)44-22-18-40(56-44)46(38-16-20-42(47)54-38)32-25-35(51(9,10)11)28-36(26-32)52(12,13)14/h15-28,53,56H,1-14H3. The van der Waals surface area contributed by atoms with Crippen molar-refractivity contribution < 1.29 is 19.1 Å². The lowest BCUT2D eigenvalue weighted by atomic mass is 9.78. The Morgan fingerprint density at radius 1 is 0.433 bits per heavy atom. The van der Waals surface area contributed by atoms with Gasteiger partial charge < -0.3 is 19.4 Å². The van der Waals surface area contributed by atoms with E-state index in [4.69, 9.17) is 19.4 Å². The molecule has 8 heteroatoms. The van der Waals surface area contributed by atoms with Crippen LogP contribution in [0, 0.1) is 0 Å². The van der Waals surface area contributed by atoms with Gasteiger partial charge in [-0.2, -0.15) is 0 Å². The van der Waals surface area contributed by atoms with Crippen molar-refractivity contribution in [1.29, 1.82) is 0 Å². The van der Waals surface area contributed by atoms with Gasteiger partial charge in [-0.25, -0.2) is 9.97 Å². The van der Waals surface area contributed by atoms with Gasteiger partial charge in [-0.1, -0.05) is 119 Å². The zero-order valence-corrected chi connectivity index (χ0v) is 37.6. The number of hydrogen-bond donors (Lipinski definition) is 2. The molecular weight excluding hydrogens is 745 g/mol. The highest BCUT2D eigenvalue weighted by molar-refractivity contribution is 5.96. The molecule has 0 fully saturated rings. The van der Waals surface area contributed by atoms with Crippen LogP contribution in [0.15, 0.2) is 60.7 Å². The minimum atomic E-state index is -0.459. The van der Waals surface area contributed by atoms with Crippen LogP contribution in [-0.4, -0.2) is 31.9 Å². The molecule has 310 valence electrons. The van der Waals surface area contributed by atoms with E-state index in [1.54, 1.807) is 0 Å². The van der Waals surface area contributed by atoms with E-state index in [0.29, 0.717) is 45.3 Å². The zero-order chi connectivity index (χ0) is 43.7. The Morgan fingerprint density at radius 2 is 0.717 bits per heavy atom. The summed E-state index contributed by atoms with van der Waals surface area (Å²) in [5, 5.41) is 0. The monoisotopic (exact) mass is 802 g/mol. The van der Waals surface area contributed by atoms with Gasteiger partial charge in [-0.05, 0) is 104 Å². The molecule has 0 amide bonds. The van der Waals surface area contributed by atoms with Crippen LogP contribution in [0.25, 0.3) is 68.6 Å². The summed E-state index contributed by atoms with van der Waals surface area (Å²) >= 11 is 0. The Balaban J connectivity index is 1.68. The first-order chi connectivity index (χ1) is 27.9. The van der Waals surface area contributed by atoms with Crippen LogP contribution in [0.4, 0.5) is 0 Å². The van der Waals surface area contributed by atoms with Gasteiger partial charge in [0.1, 0.15) is 11.4 Å². The van der Waals surface area contributed by atoms with E-state index in [-0.39, 0.29) is 21.7 Å². The molecule has 0 radical (unpaired) electrons. The summed E-state index contributed by atoms with van der Waals surface area (Å²) in [6, 6.07) is 21.3. The largest absolute Gasteiger partial charge is 0.422 e. The van der Waals surface area contributed by atoms with E-state index in [9.17, 15) is 9.59 Å². The quantitative estimate of drug-likeness (QED) is 0.172. The molecule has 8 nitrogen and oxygen atoms in total. The molecule has 0 aliphatic carbocycles. The van der Waals surface area contributed by atoms with E-state index in [2.05, 4.69) is 129 Å². The van der Waals surface area contributed by atoms with Crippen LogP contribution < -0.4 is 9.47 Å². The van der Waals surface area contributed by atoms with Gasteiger partial charge in [-0.3, -0.25) is 9.59 Å². The molecule has 2 aliphatic rings. The summed E-state index contributed by atoms with van der Waals surface area (Å²) in [5.74, 6) is -0.285. The fourth-order valence-electron chi connectivity index (χ4n) is 7.54. The summed E-state index contributed by atoms with van der Waals surface area (Å²) in [7, 11) is 0. The van der Waals surface area contributed by atoms with Crippen molar-refractivity contribution in [2.24, 2.45) is 0 Å².